The fourth-order valence-electron chi connectivity index (χ4n) is 4.20. The number of nitrogens with one attached hydrogen (secondary N) is 2. The van der Waals surface area contributed by atoms with E-state index in [2.05, 4.69) is 15.5 Å². The fraction of sp³-hybridized carbons (Fsp3) is 0.938. The number of aliphatic hydroxyl groups is 1. The molecule has 2 saturated heterocycles. The lowest BCUT2D eigenvalue weighted by Crippen LogP contribution is -2.54. The molecule has 120 valence electrons. The molecule has 5 nitrogen and oxygen atoms in total. The molecule has 1 amide bonds. The number of hydrogen-bond acceptors (Lipinski definition) is 4. The van der Waals surface area contributed by atoms with Gasteiger partial charge in [0.1, 0.15) is 0 Å². The summed E-state index contributed by atoms with van der Waals surface area (Å²) in [5.41, 5.74) is 0. The van der Waals surface area contributed by atoms with Crippen LogP contribution in [0.5, 0.6) is 0 Å². The van der Waals surface area contributed by atoms with Gasteiger partial charge in [0.15, 0.2) is 0 Å². The first-order chi connectivity index (χ1) is 10.3. The van der Waals surface area contributed by atoms with Gasteiger partial charge in [0.05, 0.1) is 18.2 Å². The van der Waals surface area contributed by atoms with Crippen LogP contribution in [-0.4, -0.2) is 59.8 Å². The number of amides is 1. The molecule has 3 atom stereocenters. The minimum absolute atomic E-state index is 0.0262. The van der Waals surface area contributed by atoms with E-state index in [1.165, 1.54) is 0 Å². The molecule has 1 unspecified atom stereocenters. The third-order valence-corrected chi connectivity index (χ3v) is 5.43. The van der Waals surface area contributed by atoms with E-state index in [1.807, 2.05) is 0 Å². The van der Waals surface area contributed by atoms with Crippen molar-refractivity contribution in [3.8, 4) is 0 Å². The monoisotopic (exact) mass is 295 g/mol. The Bertz CT molecular complexity index is 357. The van der Waals surface area contributed by atoms with Crippen LogP contribution in [0.1, 0.15) is 51.4 Å². The highest BCUT2D eigenvalue weighted by atomic mass is 16.3. The van der Waals surface area contributed by atoms with Crippen molar-refractivity contribution in [2.45, 2.75) is 75.6 Å². The van der Waals surface area contributed by atoms with Crippen LogP contribution in [0.2, 0.25) is 0 Å². The Labute approximate surface area is 127 Å². The molecule has 0 aromatic rings. The van der Waals surface area contributed by atoms with Crippen LogP contribution in [0.3, 0.4) is 0 Å². The molecule has 3 fully saturated rings. The van der Waals surface area contributed by atoms with E-state index in [0.29, 0.717) is 6.04 Å². The summed E-state index contributed by atoms with van der Waals surface area (Å²) in [6, 6.07) is 0.560. The third kappa shape index (κ3) is 3.58. The maximum Gasteiger partial charge on any atom is 0.237 e. The van der Waals surface area contributed by atoms with E-state index >= 15 is 0 Å². The number of piperidine rings is 1. The maximum atomic E-state index is 12.6. The van der Waals surface area contributed by atoms with E-state index in [-0.39, 0.29) is 24.1 Å². The van der Waals surface area contributed by atoms with Crippen LogP contribution in [0, 0.1) is 0 Å². The zero-order valence-electron chi connectivity index (χ0n) is 12.9. The van der Waals surface area contributed by atoms with Crippen molar-refractivity contribution in [3.05, 3.63) is 0 Å². The van der Waals surface area contributed by atoms with Gasteiger partial charge in [-0.05, 0) is 58.2 Å². The summed E-state index contributed by atoms with van der Waals surface area (Å²) in [7, 11) is 0. The van der Waals surface area contributed by atoms with Crippen LogP contribution in [0.25, 0.3) is 0 Å². The molecule has 3 N–H and O–H groups in total. The lowest BCUT2D eigenvalue weighted by Gasteiger charge is -2.36. The summed E-state index contributed by atoms with van der Waals surface area (Å²) in [4.78, 5) is 15.1. The molecular formula is C16H29N3O2. The van der Waals surface area contributed by atoms with E-state index < -0.39 is 0 Å². The van der Waals surface area contributed by atoms with E-state index in [0.717, 1.165) is 71.0 Å². The third-order valence-electron chi connectivity index (χ3n) is 5.43. The van der Waals surface area contributed by atoms with Gasteiger partial charge in [0.2, 0.25) is 5.91 Å². The molecule has 21 heavy (non-hydrogen) atoms. The maximum absolute atomic E-state index is 12.6. The normalized spacial score (nSPS) is 35.8. The van der Waals surface area contributed by atoms with Gasteiger partial charge in [-0.1, -0.05) is 12.8 Å². The second kappa shape index (κ2) is 7.07. The van der Waals surface area contributed by atoms with Gasteiger partial charge >= 0.3 is 0 Å². The standard InChI is InChI=1S/C16H29N3O2/c20-15-6-2-1-4-13(15)18-16(21)14-5-3-11-19(14)12-7-9-17-10-8-12/h12-15,17,20H,1-11H2,(H,18,21)/t13-,14?,15-/m0/s1. The topological polar surface area (TPSA) is 64.6 Å². The highest BCUT2D eigenvalue weighted by molar-refractivity contribution is 5.82. The highest BCUT2D eigenvalue weighted by Crippen LogP contribution is 2.25. The van der Waals surface area contributed by atoms with Crippen molar-refractivity contribution < 1.29 is 9.90 Å². The average Bonchev–Trinajstić information content (AvgIpc) is 3.00. The van der Waals surface area contributed by atoms with E-state index in [1.54, 1.807) is 0 Å². The molecule has 0 aromatic heterocycles. The minimum Gasteiger partial charge on any atom is -0.391 e. The first kappa shape index (κ1) is 15.3. The largest absolute Gasteiger partial charge is 0.391 e. The molecule has 5 heteroatoms. The van der Waals surface area contributed by atoms with Gasteiger partial charge < -0.3 is 15.7 Å². The Morgan fingerprint density at radius 1 is 1.05 bits per heavy atom. The molecular weight excluding hydrogens is 266 g/mol. The van der Waals surface area contributed by atoms with Crippen LogP contribution < -0.4 is 10.6 Å². The summed E-state index contributed by atoms with van der Waals surface area (Å²) in [6.07, 6.45) is 7.99. The Balaban J connectivity index is 1.57. The van der Waals surface area contributed by atoms with Crippen LogP contribution in [-0.2, 0) is 4.79 Å². The van der Waals surface area contributed by atoms with Gasteiger partial charge in [-0.25, -0.2) is 0 Å². The molecule has 3 aliphatic rings. The zero-order valence-corrected chi connectivity index (χ0v) is 12.9. The zero-order chi connectivity index (χ0) is 14.7. The molecule has 0 aromatic carbocycles. The van der Waals surface area contributed by atoms with Gasteiger partial charge in [-0.15, -0.1) is 0 Å². The number of aliphatic hydroxyl groups excluding tert-OH is 1. The lowest BCUT2D eigenvalue weighted by atomic mass is 9.92. The smallest absolute Gasteiger partial charge is 0.237 e. The summed E-state index contributed by atoms with van der Waals surface area (Å²) >= 11 is 0. The number of hydrogen-bond donors (Lipinski definition) is 3. The van der Waals surface area contributed by atoms with Gasteiger partial charge in [-0.3, -0.25) is 9.69 Å². The average molecular weight is 295 g/mol. The first-order valence-corrected chi connectivity index (χ1v) is 8.70. The van der Waals surface area contributed by atoms with Gasteiger partial charge in [0, 0.05) is 6.04 Å². The molecule has 3 rings (SSSR count). The Morgan fingerprint density at radius 2 is 1.81 bits per heavy atom. The SMILES string of the molecule is O=C(N[C@H]1CCCC[C@@H]1O)C1CCCN1C1CCNCC1. The first-order valence-electron chi connectivity index (χ1n) is 8.70. The van der Waals surface area contributed by atoms with Crippen molar-refractivity contribution >= 4 is 5.91 Å². The van der Waals surface area contributed by atoms with Crippen molar-refractivity contribution in [3.63, 3.8) is 0 Å². The van der Waals surface area contributed by atoms with Crippen molar-refractivity contribution in [2.75, 3.05) is 19.6 Å². The van der Waals surface area contributed by atoms with E-state index in [4.69, 9.17) is 0 Å². The summed E-state index contributed by atoms with van der Waals surface area (Å²) < 4.78 is 0. The van der Waals surface area contributed by atoms with Gasteiger partial charge in [0.25, 0.3) is 0 Å². The second-order valence-electron chi connectivity index (χ2n) is 6.84. The predicted molar refractivity (Wildman–Crippen MR) is 82.0 cm³/mol. The number of carbonyl (C=O) groups is 1. The Hall–Kier alpha value is -0.650. The second-order valence-corrected chi connectivity index (χ2v) is 6.84. The molecule has 1 aliphatic carbocycles. The summed E-state index contributed by atoms with van der Waals surface area (Å²) in [6.45, 7) is 3.18. The molecule has 0 bridgehead atoms. The van der Waals surface area contributed by atoms with Crippen LogP contribution in [0.4, 0.5) is 0 Å². The Morgan fingerprint density at radius 3 is 2.57 bits per heavy atom. The summed E-state index contributed by atoms with van der Waals surface area (Å²) in [5, 5.41) is 16.6. The molecule has 2 aliphatic heterocycles. The molecule has 1 saturated carbocycles. The number of carbonyl (C=O) groups excluding carboxylic acids is 1. The quantitative estimate of drug-likeness (QED) is 0.714. The fourth-order valence-corrected chi connectivity index (χ4v) is 4.20. The van der Waals surface area contributed by atoms with Crippen molar-refractivity contribution in [2.24, 2.45) is 0 Å². The molecule has 0 spiro atoms. The number of nitrogens with zero attached hydrogens (tertiary/aromatic N) is 1. The predicted octanol–water partition coefficient (Wildman–Crippen LogP) is 0.622. The van der Waals surface area contributed by atoms with E-state index in [9.17, 15) is 9.90 Å². The van der Waals surface area contributed by atoms with Crippen molar-refractivity contribution in [1.29, 1.82) is 0 Å². The summed E-state index contributed by atoms with van der Waals surface area (Å²) in [5.74, 6) is 0.150. The van der Waals surface area contributed by atoms with Crippen molar-refractivity contribution in [1.82, 2.24) is 15.5 Å². The highest BCUT2D eigenvalue weighted by Gasteiger charge is 2.37. The van der Waals surface area contributed by atoms with Crippen LogP contribution >= 0.6 is 0 Å². The van der Waals surface area contributed by atoms with Crippen LogP contribution in [0.15, 0.2) is 0 Å². The molecule has 2 heterocycles. The number of likely N-dealkylation sites (tertiary alicyclic amines) is 1. The lowest BCUT2D eigenvalue weighted by molar-refractivity contribution is -0.128. The molecule has 0 radical (unpaired) electrons. The number of rotatable bonds is 3. The minimum atomic E-state index is -0.351. The Kier molecular flexibility index (Phi) is 5.14. The van der Waals surface area contributed by atoms with Gasteiger partial charge in [-0.2, -0.15) is 0 Å².